The van der Waals surface area contributed by atoms with Crippen LogP contribution >= 0.6 is 0 Å². The molecule has 0 aliphatic carbocycles. The van der Waals surface area contributed by atoms with Gasteiger partial charge in [-0.25, -0.2) is 19.7 Å². The zero-order chi connectivity index (χ0) is 17.8. The van der Waals surface area contributed by atoms with Crippen molar-refractivity contribution < 1.29 is 14.7 Å². The second-order valence-corrected chi connectivity index (χ2v) is 6.04. The van der Waals surface area contributed by atoms with E-state index in [1.807, 2.05) is 17.9 Å². The number of amides is 1. The van der Waals surface area contributed by atoms with Crippen LogP contribution in [0.15, 0.2) is 30.7 Å². The van der Waals surface area contributed by atoms with Gasteiger partial charge in [-0.3, -0.25) is 4.79 Å². The number of anilines is 2. The number of nitrogens with one attached hydrogen (secondary N) is 1. The van der Waals surface area contributed by atoms with Crippen molar-refractivity contribution in [3.8, 4) is 0 Å². The van der Waals surface area contributed by atoms with Gasteiger partial charge in [0.25, 0.3) is 0 Å². The van der Waals surface area contributed by atoms with E-state index in [0.717, 1.165) is 5.56 Å². The lowest BCUT2D eigenvalue weighted by Gasteiger charge is -2.31. The molecule has 0 bridgehead atoms. The van der Waals surface area contributed by atoms with Crippen LogP contribution in [0.3, 0.4) is 0 Å². The van der Waals surface area contributed by atoms with Gasteiger partial charge < -0.3 is 15.3 Å². The Morgan fingerprint density at radius 2 is 1.88 bits per heavy atom. The van der Waals surface area contributed by atoms with Gasteiger partial charge >= 0.3 is 5.97 Å². The number of rotatable bonds is 4. The van der Waals surface area contributed by atoms with Gasteiger partial charge in [-0.05, 0) is 31.4 Å². The number of hydrogen-bond donors (Lipinski definition) is 2. The number of aromatic nitrogens is 3. The number of pyridine rings is 1. The van der Waals surface area contributed by atoms with Crippen LogP contribution in [0.25, 0.3) is 0 Å². The fourth-order valence-corrected chi connectivity index (χ4v) is 2.74. The average Bonchev–Trinajstić information content (AvgIpc) is 2.64. The van der Waals surface area contributed by atoms with Gasteiger partial charge in [-0.1, -0.05) is 6.07 Å². The van der Waals surface area contributed by atoms with Crippen molar-refractivity contribution in [1.82, 2.24) is 15.0 Å². The number of aryl methyl sites for hydroxylation is 1. The van der Waals surface area contributed by atoms with Crippen molar-refractivity contribution in [1.29, 1.82) is 0 Å². The van der Waals surface area contributed by atoms with Gasteiger partial charge in [0.2, 0.25) is 5.91 Å². The summed E-state index contributed by atoms with van der Waals surface area (Å²) in [7, 11) is 0. The highest BCUT2D eigenvalue weighted by Gasteiger charge is 2.26. The predicted molar refractivity (Wildman–Crippen MR) is 91.5 cm³/mol. The molecule has 2 aromatic heterocycles. The summed E-state index contributed by atoms with van der Waals surface area (Å²) in [6.45, 7) is 3.28. The fourth-order valence-electron chi connectivity index (χ4n) is 2.74. The van der Waals surface area contributed by atoms with Gasteiger partial charge in [0, 0.05) is 25.2 Å². The van der Waals surface area contributed by atoms with Crippen LogP contribution < -0.4 is 10.2 Å². The molecule has 0 aromatic carbocycles. The van der Waals surface area contributed by atoms with Gasteiger partial charge in [-0.2, -0.15) is 0 Å². The van der Waals surface area contributed by atoms with Crippen molar-refractivity contribution in [2.45, 2.75) is 19.8 Å². The minimum absolute atomic E-state index is 0.0247. The number of carbonyl (C=O) groups is 2. The van der Waals surface area contributed by atoms with Gasteiger partial charge in [-0.15, -0.1) is 0 Å². The molecule has 130 valence electrons. The Bertz CT molecular complexity index is 753. The Labute approximate surface area is 144 Å². The molecule has 2 N–H and O–H groups in total. The summed E-state index contributed by atoms with van der Waals surface area (Å²) >= 11 is 0. The number of piperidine rings is 1. The standard InChI is InChI=1S/C17H19N5O3/c1-11-2-3-14(19-8-11)21-16(23)12-4-6-22(7-5-12)15-10-18-13(9-20-15)17(24)25/h2-3,8-10,12H,4-7H2,1H3,(H,24,25)(H,19,21,23). The zero-order valence-electron chi connectivity index (χ0n) is 13.8. The Morgan fingerprint density at radius 3 is 2.44 bits per heavy atom. The lowest BCUT2D eigenvalue weighted by Crippen LogP contribution is -2.38. The summed E-state index contributed by atoms with van der Waals surface area (Å²) in [6.07, 6.45) is 5.82. The molecule has 25 heavy (non-hydrogen) atoms. The summed E-state index contributed by atoms with van der Waals surface area (Å²) < 4.78 is 0. The topological polar surface area (TPSA) is 108 Å². The minimum Gasteiger partial charge on any atom is -0.476 e. The molecule has 1 aliphatic heterocycles. The van der Waals surface area contributed by atoms with Crippen molar-refractivity contribution in [3.05, 3.63) is 42.0 Å². The van der Waals surface area contributed by atoms with Crippen molar-refractivity contribution in [2.24, 2.45) is 5.92 Å². The molecule has 8 nitrogen and oxygen atoms in total. The molecule has 2 aromatic rings. The Morgan fingerprint density at radius 1 is 1.12 bits per heavy atom. The largest absolute Gasteiger partial charge is 0.476 e. The summed E-state index contributed by atoms with van der Waals surface area (Å²) in [5.41, 5.74) is 0.963. The van der Waals surface area contributed by atoms with Gasteiger partial charge in [0.1, 0.15) is 11.6 Å². The highest BCUT2D eigenvalue weighted by molar-refractivity contribution is 5.91. The van der Waals surface area contributed by atoms with Gasteiger partial charge in [0.15, 0.2) is 5.69 Å². The monoisotopic (exact) mass is 341 g/mol. The van der Waals surface area contributed by atoms with E-state index < -0.39 is 5.97 Å². The average molecular weight is 341 g/mol. The minimum atomic E-state index is -1.10. The maximum Gasteiger partial charge on any atom is 0.356 e. The molecule has 0 spiro atoms. The third-order valence-electron chi connectivity index (χ3n) is 4.21. The molecule has 0 saturated carbocycles. The zero-order valence-corrected chi connectivity index (χ0v) is 13.8. The number of hydrogen-bond acceptors (Lipinski definition) is 6. The molecule has 1 fully saturated rings. The van der Waals surface area contributed by atoms with Crippen LogP contribution in [0.5, 0.6) is 0 Å². The van der Waals surface area contributed by atoms with Crippen LogP contribution in [0.1, 0.15) is 28.9 Å². The second-order valence-electron chi connectivity index (χ2n) is 6.04. The first-order valence-electron chi connectivity index (χ1n) is 8.07. The first kappa shape index (κ1) is 16.8. The molecule has 1 aliphatic rings. The lowest BCUT2D eigenvalue weighted by atomic mass is 9.96. The maximum absolute atomic E-state index is 12.4. The highest BCUT2D eigenvalue weighted by atomic mass is 16.4. The normalized spacial score (nSPS) is 15.0. The van der Waals surface area contributed by atoms with Crippen LogP contribution in [-0.2, 0) is 4.79 Å². The molecule has 1 amide bonds. The number of aromatic carboxylic acids is 1. The molecule has 3 heterocycles. The highest BCUT2D eigenvalue weighted by Crippen LogP contribution is 2.22. The second kappa shape index (κ2) is 7.25. The van der Waals surface area contributed by atoms with Crippen LogP contribution in [-0.4, -0.2) is 45.0 Å². The SMILES string of the molecule is Cc1ccc(NC(=O)C2CCN(c3cnc(C(=O)O)cn3)CC2)nc1. The summed E-state index contributed by atoms with van der Waals surface area (Å²) in [6, 6.07) is 3.70. The Kier molecular flexibility index (Phi) is 4.87. The van der Waals surface area contributed by atoms with Crippen molar-refractivity contribution >= 4 is 23.5 Å². The molecular formula is C17H19N5O3. The number of carbonyl (C=O) groups excluding carboxylic acids is 1. The predicted octanol–water partition coefficient (Wildman–Crippen LogP) is 1.73. The summed E-state index contributed by atoms with van der Waals surface area (Å²) in [4.78, 5) is 37.4. The first-order chi connectivity index (χ1) is 12.0. The molecule has 1 saturated heterocycles. The van der Waals surface area contributed by atoms with E-state index in [-0.39, 0.29) is 17.5 Å². The summed E-state index contributed by atoms with van der Waals surface area (Å²) in [5.74, 6) is -0.00900. The fraction of sp³-hybridized carbons (Fsp3) is 0.353. The first-order valence-corrected chi connectivity index (χ1v) is 8.07. The Balaban J connectivity index is 1.55. The maximum atomic E-state index is 12.4. The van der Waals surface area contributed by atoms with Crippen molar-refractivity contribution in [2.75, 3.05) is 23.3 Å². The molecule has 0 radical (unpaired) electrons. The number of carboxylic acids is 1. The molecule has 3 rings (SSSR count). The van der Waals surface area contributed by atoms with E-state index in [4.69, 9.17) is 5.11 Å². The quantitative estimate of drug-likeness (QED) is 0.872. The smallest absolute Gasteiger partial charge is 0.356 e. The summed E-state index contributed by atoms with van der Waals surface area (Å²) in [5, 5.41) is 11.7. The van der Waals surface area contributed by atoms with E-state index in [1.54, 1.807) is 12.3 Å². The molecule has 0 atom stereocenters. The van der Waals surface area contributed by atoms with Crippen molar-refractivity contribution in [3.63, 3.8) is 0 Å². The van der Waals surface area contributed by atoms with Crippen LogP contribution in [0.4, 0.5) is 11.6 Å². The van der Waals surface area contributed by atoms with E-state index >= 15 is 0 Å². The third-order valence-corrected chi connectivity index (χ3v) is 4.21. The van der Waals surface area contributed by atoms with Gasteiger partial charge in [0.05, 0.1) is 12.4 Å². The van der Waals surface area contributed by atoms with E-state index in [2.05, 4.69) is 20.3 Å². The van der Waals surface area contributed by atoms with E-state index in [9.17, 15) is 9.59 Å². The molecule has 0 unspecified atom stereocenters. The van der Waals surface area contributed by atoms with E-state index in [1.165, 1.54) is 12.4 Å². The molecular weight excluding hydrogens is 322 g/mol. The molecule has 8 heteroatoms. The number of carboxylic acid groups (broad SMARTS) is 1. The lowest BCUT2D eigenvalue weighted by molar-refractivity contribution is -0.120. The van der Waals surface area contributed by atoms with E-state index in [0.29, 0.717) is 37.6 Å². The van der Waals surface area contributed by atoms with Crippen LogP contribution in [0.2, 0.25) is 0 Å². The third kappa shape index (κ3) is 4.09. The van der Waals surface area contributed by atoms with Crippen LogP contribution in [0, 0.1) is 12.8 Å². The Hall–Kier alpha value is -3.03. The number of nitrogens with zero attached hydrogens (tertiary/aromatic N) is 4.